The van der Waals surface area contributed by atoms with E-state index >= 15 is 0 Å². The maximum atomic E-state index is 8.45. The fourth-order valence-corrected chi connectivity index (χ4v) is 1.22. The molecule has 0 aromatic rings. The fraction of sp³-hybridized carbons (Fsp3) is 0.900. The van der Waals surface area contributed by atoms with Crippen molar-refractivity contribution in [2.24, 2.45) is 5.92 Å². The van der Waals surface area contributed by atoms with Crippen LogP contribution in [-0.4, -0.2) is 24.0 Å². The molecule has 2 heteroatoms. The molecule has 2 nitrogen and oxygen atoms in total. The van der Waals surface area contributed by atoms with Crippen molar-refractivity contribution in [2.45, 2.75) is 40.2 Å². The number of nitrogens with zero attached hydrogens (tertiary/aromatic N) is 2. The van der Waals surface area contributed by atoms with E-state index in [1.165, 1.54) is 0 Å². The van der Waals surface area contributed by atoms with Gasteiger partial charge in [0, 0.05) is 25.6 Å². The van der Waals surface area contributed by atoms with E-state index in [1.54, 1.807) is 0 Å². The molecular weight excluding hydrogens is 148 g/mol. The van der Waals surface area contributed by atoms with Crippen molar-refractivity contribution >= 4 is 0 Å². The summed E-state index contributed by atoms with van der Waals surface area (Å²) in [5, 5.41) is 8.45. The van der Waals surface area contributed by atoms with E-state index in [9.17, 15) is 0 Å². The van der Waals surface area contributed by atoms with E-state index in [2.05, 4.69) is 38.7 Å². The Morgan fingerprint density at radius 2 is 1.83 bits per heavy atom. The van der Waals surface area contributed by atoms with Crippen molar-refractivity contribution in [1.29, 1.82) is 5.26 Å². The zero-order valence-electron chi connectivity index (χ0n) is 8.67. The first-order valence-electron chi connectivity index (χ1n) is 4.69. The third kappa shape index (κ3) is 5.15. The predicted molar refractivity (Wildman–Crippen MR) is 51.8 cm³/mol. The van der Waals surface area contributed by atoms with Gasteiger partial charge in [-0.25, -0.2) is 0 Å². The molecule has 0 aromatic heterocycles. The lowest BCUT2D eigenvalue weighted by atomic mass is 10.1. The first-order valence-corrected chi connectivity index (χ1v) is 4.69. The van der Waals surface area contributed by atoms with Gasteiger partial charge in [0.15, 0.2) is 0 Å². The molecule has 0 saturated carbocycles. The van der Waals surface area contributed by atoms with Crippen molar-refractivity contribution in [3.63, 3.8) is 0 Å². The highest BCUT2D eigenvalue weighted by Crippen LogP contribution is 2.04. The molecule has 0 heterocycles. The van der Waals surface area contributed by atoms with Gasteiger partial charge in [-0.1, -0.05) is 13.8 Å². The third-order valence-corrected chi connectivity index (χ3v) is 1.84. The molecule has 0 unspecified atom stereocenters. The van der Waals surface area contributed by atoms with E-state index in [-0.39, 0.29) is 0 Å². The summed E-state index contributed by atoms with van der Waals surface area (Å²) >= 11 is 0. The molecule has 0 spiro atoms. The number of rotatable bonds is 5. The minimum Gasteiger partial charge on any atom is -0.300 e. The number of hydrogen-bond donors (Lipinski definition) is 0. The lowest BCUT2D eigenvalue weighted by molar-refractivity contribution is 0.202. The molecule has 0 N–H and O–H groups in total. The van der Waals surface area contributed by atoms with Crippen molar-refractivity contribution in [3.8, 4) is 6.07 Å². The molecule has 0 atom stereocenters. The van der Waals surface area contributed by atoms with Crippen LogP contribution in [0.2, 0.25) is 0 Å². The molecule has 0 fully saturated rings. The largest absolute Gasteiger partial charge is 0.300 e. The minimum absolute atomic E-state index is 0.556. The summed E-state index contributed by atoms with van der Waals surface area (Å²) < 4.78 is 0. The molecule has 0 amide bonds. The van der Waals surface area contributed by atoms with E-state index in [1.807, 2.05) is 0 Å². The number of hydrogen-bond acceptors (Lipinski definition) is 2. The zero-order valence-corrected chi connectivity index (χ0v) is 8.67. The molecule has 70 valence electrons. The molecule has 0 aliphatic heterocycles. The van der Waals surface area contributed by atoms with Crippen LogP contribution in [0.3, 0.4) is 0 Å². The molecule has 0 aliphatic rings. The highest BCUT2D eigenvalue weighted by Gasteiger charge is 2.09. The second-order valence-electron chi connectivity index (χ2n) is 3.89. The summed E-state index contributed by atoms with van der Waals surface area (Å²) in [4.78, 5) is 2.36. The monoisotopic (exact) mass is 168 g/mol. The number of nitriles is 1. The van der Waals surface area contributed by atoms with Gasteiger partial charge >= 0.3 is 0 Å². The minimum atomic E-state index is 0.556. The van der Waals surface area contributed by atoms with Gasteiger partial charge in [-0.05, 0) is 19.8 Å². The zero-order chi connectivity index (χ0) is 9.56. The second-order valence-corrected chi connectivity index (χ2v) is 3.89. The Balaban J connectivity index is 3.80. The Morgan fingerprint density at radius 3 is 2.17 bits per heavy atom. The van der Waals surface area contributed by atoms with Gasteiger partial charge in [0.2, 0.25) is 0 Å². The van der Waals surface area contributed by atoms with Gasteiger partial charge in [-0.3, -0.25) is 4.90 Å². The summed E-state index contributed by atoms with van der Waals surface area (Å²) in [6, 6.07) is 2.74. The second kappa shape index (κ2) is 6.02. The molecule has 0 bridgehead atoms. The van der Waals surface area contributed by atoms with Crippen LogP contribution in [0.4, 0.5) is 0 Å². The predicted octanol–water partition coefficient (Wildman–Crippen LogP) is 2.27. The quantitative estimate of drug-likeness (QED) is 0.629. The topological polar surface area (TPSA) is 27.0 Å². The highest BCUT2D eigenvalue weighted by molar-refractivity contribution is 4.74. The van der Waals surface area contributed by atoms with E-state index in [0.29, 0.717) is 18.4 Å². The molecule has 12 heavy (non-hydrogen) atoms. The van der Waals surface area contributed by atoms with Crippen LogP contribution in [0.25, 0.3) is 0 Å². The SMILES string of the molecule is CC(C)CN(CCC#N)C(C)C. The van der Waals surface area contributed by atoms with Crippen molar-refractivity contribution in [1.82, 2.24) is 4.90 Å². The Kier molecular flexibility index (Phi) is 5.74. The molecule has 0 aliphatic carbocycles. The normalized spacial score (nSPS) is 11.2. The summed E-state index contributed by atoms with van der Waals surface area (Å²) in [5.41, 5.74) is 0. The Bertz CT molecular complexity index is 144. The van der Waals surface area contributed by atoms with E-state index < -0.39 is 0 Å². The van der Waals surface area contributed by atoms with Gasteiger partial charge in [-0.15, -0.1) is 0 Å². The first-order chi connectivity index (χ1) is 5.57. The van der Waals surface area contributed by atoms with Crippen LogP contribution >= 0.6 is 0 Å². The van der Waals surface area contributed by atoms with Crippen LogP contribution in [0.15, 0.2) is 0 Å². The summed E-state index contributed by atoms with van der Waals surface area (Å²) in [5.74, 6) is 0.686. The summed E-state index contributed by atoms with van der Waals surface area (Å²) in [6.45, 7) is 10.8. The van der Waals surface area contributed by atoms with Crippen LogP contribution in [0.1, 0.15) is 34.1 Å². The van der Waals surface area contributed by atoms with Crippen LogP contribution < -0.4 is 0 Å². The van der Waals surface area contributed by atoms with Crippen LogP contribution in [0.5, 0.6) is 0 Å². The summed E-state index contributed by atoms with van der Waals surface area (Å²) in [7, 11) is 0. The Labute approximate surface area is 76.2 Å². The van der Waals surface area contributed by atoms with Gasteiger partial charge in [0.25, 0.3) is 0 Å². The van der Waals surface area contributed by atoms with Crippen LogP contribution in [0, 0.1) is 17.2 Å². The highest BCUT2D eigenvalue weighted by atomic mass is 15.1. The van der Waals surface area contributed by atoms with Crippen molar-refractivity contribution in [2.75, 3.05) is 13.1 Å². The molecular formula is C10H20N2. The lowest BCUT2D eigenvalue weighted by Gasteiger charge is -2.27. The fourth-order valence-electron chi connectivity index (χ4n) is 1.22. The van der Waals surface area contributed by atoms with Gasteiger partial charge in [0.1, 0.15) is 0 Å². The molecule has 0 aromatic carbocycles. The molecule has 0 rings (SSSR count). The maximum Gasteiger partial charge on any atom is 0.0635 e. The molecule has 0 saturated heterocycles. The van der Waals surface area contributed by atoms with E-state index in [0.717, 1.165) is 13.1 Å². The summed E-state index contributed by atoms with van der Waals surface area (Å²) in [6.07, 6.45) is 0.644. The van der Waals surface area contributed by atoms with Crippen molar-refractivity contribution < 1.29 is 0 Å². The Hall–Kier alpha value is -0.550. The molecule has 0 radical (unpaired) electrons. The standard InChI is InChI=1S/C10H20N2/c1-9(2)8-12(10(3)4)7-5-6-11/h9-10H,5,7-8H2,1-4H3. The maximum absolute atomic E-state index is 8.45. The smallest absolute Gasteiger partial charge is 0.0635 e. The van der Waals surface area contributed by atoms with Crippen molar-refractivity contribution in [3.05, 3.63) is 0 Å². The average molecular weight is 168 g/mol. The van der Waals surface area contributed by atoms with E-state index in [4.69, 9.17) is 5.26 Å². The van der Waals surface area contributed by atoms with Gasteiger partial charge < -0.3 is 0 Å². The first kappa shape index (κ1) is 11.4. The van der Waals surface area contributed by atoms with Gasteiger partial charge in [-0.2, -0.15) is 5.26 Å². The van der Waals surface area contributed by atoms with Gasteiger partial charge in [0.05, 0.1) is 6.07 Å². The Morgan fingerprint density at radius 1 is 1.25 bits per heavy atom. The third-order valence-electron chi connectivity index (χ3n) is 1.84. The average Bonchev–Trinajstić information content (AvgIpc) is 1.96. The van der Waals surface area contributed by atoms with Crippen LogP contribution in [-0.2, 0) is 0 Å². The lowest BCUT2D eigenvalue weighted by Crippen LogP contribution is -2.34.